The highest BCUT2D eigenvalue weighted by atomic mass is 19.4. The summed E-state index contributed by atoms with van der Waals surface area (Å²) >= 11 is 0. The molecule has 1 atom stereocenters. The van der Waals surface area contributed by atoms with E-state index in [9.17, 15) is 23.1 Å². The number of hydrogen-bond acceptors (Lipinski definition) is 4. The minimum absolute atomic E-state index is 0.122. The van der Waals surface area contributed by atoms with Crippen molar-refractivity contribution in [3.63, 3.8) is 0 Å². The maximum absolute atomic E-state index is 12.8. The zero-order chi connectivity index (χ0) is 24.1. The number of carboxylic acid groups (broad SMARTS) is 1. The molecule has 8 heteroatoms. The Morgan fingerprint density at radius 1 is 0.971 bits per heavy atom. The maximum Gasteiger partial charge on any atom is 0.416 e. The number of carboxylic acids is 1. The Balaban J connectivity index is 1.43. The summed E-state index contributed by atoms with van der Waals surface area (Å²) in [5, 5.41) is 13.1. The van der Waals surface area contributed by atoms with Crippen LogP contribution in [0.5, 0.6) is 5.75 Å². The highest BCUT2D eigenvalue weighted by Gasteiger charge is 2.30. The molecular weight excluding hydrogens is 447 g/mol. The van der Waals surface area contributed by atoms with Crippen LogP contribution in [0, 0.1) is 0 Å². The molecule has 0 saturated heterocycles. The Hall–Kier alpha value is -4.07. The number of carbonyl (C=O) groups is 1. The molecule has 0 unspecified atom stereocenters. The van der Waals surface area contributed by atoms with E-state index in [4.69, 9.17) is 9.26 Å². The Morgan fingerprint density at radius 3 is 2.32 bits per heavy atom. The van der Waals surface area contributed by atoms with Crippen LogP contribution in [0.4, 0.5) is 13.2 Å². The lowest BCUT2D eigenvalue weighted by atomic mass is 9.92. The van der Waals surface area contributed by atoms with E-state index in [0.717, 1.165) is 28.8 Å². The summed E-state index contributed by atoms with van der Waals surface area (Å²) in [5.41, 5.74) is 2.94. The summed E-state index contributed by atoms with van der Waals surface area (Å²) in [6.45, 7) is 0.260. The Kier molecular flexibility index (Phi) is 6.67. The molecule has 0 amide bonds. The molecule has 3 aromatic carbocycles. The highest BCUT2D eigenvalue weighted by molar-refractivity contribution is 5.69. The standard InChI is InChI=1S/C26H20F3NO4/c27-26(28,29)21-8-4-18(5-9-21)20-3-1-2-17(14-20)16-33-22-10-6-19(7-11-22)23(15-25(31)32)24-12-13-34-30-24/h1-14,23H,15-16H2,(H,31,32)/t23-/m0/s1. The fourth-order valence-electron chi connectivity index (χ4n) is 3.62. The normalized spacial score (nSPS) is 12.3. The number of aliphatic carboxylic acids is 1. The minimum atomic E-state index is -4.37. The fraction of sp³-hybridized carbons (Fsp3) is 0.154. The van der Waals surface area contributed by atoms with Crippen molar-refractivity contribution in [3.05, 3.63) is 108 Å². The van der Waals surface area contributed by atoms with E-state index in [1.165, 1.54) is 18.4 Å². The third-order valence-corrected chi connectivity index (χ3v) is 5.35. The van der Waals surface area contributed by atoms with E-state index in [-0.39, 0.29) is 13.0 Å². The van der Waals surface area contributed by atoms with E-state index in [0.29, 0.717) is 17.0 Å². The number of hydrogen-bond donors (Lipinski definition) is 1. The Bertz CT molecular complexity index is 1230. The zero-order valence-corrected chi connectivity index (χ0v) is 17.8. The van der Waals surface area contributed by atoms with Crippen LogP contribution >= 0.6 is 0 Å². The van der Waals surface area contributed by atoms with Crippen LogP contribution in [0.25, 0.3) is 11.1 Å². The van der Waals surface area contributed by atoms with Crippen LogP contribution in [0.3, 0.4) is 0 Å². The van der Waals surface area contributed by atoms with Crippen molar-refractivity contribution < 1.29 is 32.3 Å². The summed E-state index contributed by atoms with van der Waals surface area (Å²) in [4.78, 5) is 11.3. The van der Waals surface area contributed by atoms with Gasteiger partial charge in [-0.2, -0.15) is 13.2 Å². The van der Waals surface area contributed by atoms with Gasteiger partial charge in [-0.3, -0.25) is 4.79 Å². The van der Waals surface area contributed by atoms with E-state index in [2.05, 4.69) is 5.16 Å². The predicted octanol–water partition coefficient (Wildman–Crippen LogP) is 6.55. The third-order valence-electron chi connectivity index (χ3n) is 5.35. The molecular formula is C26H20F3NO4. The largest absolute Gasteiger partial charge is 0.489 e. The first-order chi connectivity index (χ1) is 16.3. The molecule has 0 fully saturated rings. The quantitative estimate of drug-likeness (QED) is 0.318. The van der Waals surface area contributed by atoms with Crippen molar-refractivity contribution in [3.8, 4) is 16.9 Å². The number of rotatable bonds is 8. The highest BCUT2D eigenvalue weighted by Crippen LogP contribution is 2.32. The summed E-state index contributed by atoms with van der Waals surface area (Å²) in [5.74, 6) is -0.787. The van der Waals surface area contributed by atoms with Crippen molar-refractivity contribution in [1.29, 1.82) is 0 Å². The smallest absolute Gasteiger partial charge is 0.416 e. The van der Waals surface area contributed by atoms with Crippen LogP contribution in [-0.2, 0) is 17.6 Å². The zero-order valence-electron chi connectivity index (χ0n) is 17.8. The molecule has 0 bridgehead atoms. The molecule has 0 aliphatic rings. The number of alkyl halides is 3. The van der Waals surface area contributed by atoms with Crippen LogP contribution in [-0.4, -0.2) is 16.2 Å². The third kappa shape index (κ3) is 5.64. The molecule has 1 aromatic heterocycles. The van der Waals surface area contributed by atoms with Gasteiger partial charge in [0.05, 0.1) is 17.7 Å². The molecule has 0 radical (unpaired) electrons. The Morgan fingerprint density at radius 2 is 1.71 bits per heavy atom. The number of aromatic nitrogens is 1. The monoisotopic (exact) mass is 467 g/mol. The molecule has 4 rings (SSSR count). The molecule has 0 aliphatic carbocycles. The van der Waals surface area contributed by atoms with Gasteiger partial charge >= 0.3 is 12.1 Å². The second kappa shape index (κ2) is 9.82. The molecule has 4 aromatic rings. The summed E-state index contributed by atoms with van der Waals surface area (Å²) in [6.07, 6.45) is -3.09. The van der Waals surface area contributed by atoms with Gasteiger partial charge in [-0.25, -0.2) is 0 Å². The van der Waals surface area contributed by atoms with E-state index < -0.39 is 23.6 Å². The fourth-order valence-corrected chi connectivity index (χ4v) is 3.62. The van der Waals surface area contributed by atoms with Gasteiger partial charge in [-0.1, -0.05) is 47.6 Å². The van der Waals surface area contributed by atoms with Gasteiger partial charge in [0.15, 0.2) is 0 Å². The lowest BCUT2D eigenvalue weighted by Crippen LogP contribution is -2.08. The number of benzene rings is 3. The average Bonchev–Trinajstić information content (AvgIpc) is 3.36. The van der Waals surface area contributed by atoms with Crippen molar-refractivity contribution in [2.24, 2.45) is 0 Å². The molecule has 174 valence electrons. The average molecular weight is 467 g/mol. The molecule has 0 saturated carbocycles. The van der Waals surface area contributed by atoms with Gasteiger partial charge in [0.2, 0.25) is 0 Å². The van der Waals surface area contributed by atoms with Gasteiger partial charge in [0.1, 0.15) is 18.6 Å². The molecule has 34 heavy (non-hydrogen) atoms. The van der Waals surface area contributed by atoms with Gasteiger partial charge in [-0.15, -0.1) is 0 Å². The first kappa shape index (κ1) is 23.1. The molecule has 1 heterocycles. The number of ether oxygens (including phenoxy) is 1. The second-order valence-electron chi connectivity index (χ2n) is 7.71. The Labute approximate surface area is 193 Å². The summed E-state index contributed by atoms with van der Waals surface area (Å²) in [7, 11) is 0. The lowest BCUT2D eigenvalue weighted by Gasteiger charge is -2.14. The van der Waals surface area contributed by atoms with Crippen LogP contribution in [0.1, 0.15) is 34.7 Å². The summed E-state index contributed by atoms with van der Waals surface area (Å²) in [6, 6.07) is 21.1. The van der Waals surface area contributed by atoms with Gasteiger partial charge in [0, 0.05) is 12.0 Å². The topological polar surface area (TPSA) is 72.6 Å². The number of halogens is 3. The van der Waals surface area contributed by atoms with E-state index >= 15 is 0 Å². The van der Waals surface area contributed by atoms with Crippen LogP contribution < -0.4 is 4.74 Å². The lowest BCUT2D eigenvalue weighted by molar-refractivity contribution is -0.138. The van der Waals surface area contributed by atoms with Gasteiger partial charge in [0.25, 0.3) is 0 Å². The predicted molar refractivity (Wildman–Crippen MR) is 118 cm³/mol. The first-order valence-electron chi connectivity index (χ1n) is 10.4. The van der Waals surface area contributed by atoms with Crippen LogP contribution in [0.15, 0.2) is 89.6 Å². The molecule has 5 nitrogen and oxygen atoms in total. The summed E-state index contributed by atoms with van der Waals surface area (Å²) < 4.78 is 49.1. The number of nitrogens with zero attached hydrogens (tertiary/aromatic N) is 1. The first-order valence-corrected chi connectivity index (χ1v) is 10.4. The van der Waals surface area contributed by atoms with Crippen molar-refractivity contribution in [2.75, 3.05) is 0 Å². The van der Waals surface area contributed by atoms with E-state index in [1.54, 1.807) is 30.3 Å². The SMILES string of the molecule is O=C(O)C[C@@H](c1ccc(OCc2cccc(-c3ccc(C(F)(F)F)cc3)c2)cc1)c1ccon1. The second-order valence-corrected chi connectivity index (χ2v) is 7.71. The molecule has 0 spiro atoms. The van der Waals surface area contributed by atoms with Crippen molar-refractivity contribution >= 4 is 5.97 Å². The minimum Gasteiger partial charge on any atom is -0.489 e. The van der Waals surface area contributed by atoms with Gasteiger partial charge in [-0.05, 0) is 52.6 Å². The maximum atomic E-state index is 12.8. The van der Waals surface area contributed by atoms with Crippen molar-refractivity contribution in [1.82, 2.24) is 5.16 Å². The molecule has 1 N–H and O–H groups in total. The molecule has 0 aliphatic heterocycles. The van der Waals surface area contributed by atoms with Gasteiger partial charge < -0.3 is 14.4 Å². The van der Waals surface area contributed by atoms with E-state index in [1.807, 2.05) is 24.3 Å². The van der Waals surface area contributed by atoms with Crippen molar-refractivity contribution in [2.45, 2.75) is 25.1 Å². The van der Waals surface area contributed by atoms with Crippen LogP contribution in [0.2, 0.25) is 0 Å².